The van der Waals surface area contributed by atoms with Crippen LogP contribution in [0.4, 0.5) is 4.39 Å². The average Bonchev–Trinajstić information content (AvgIpc) is 3.11. The van der Waals surface area contributed by atoms with Gasteiger partial charge in [-0.3, -0.25) is 4.90 Å². The van der Waals surface area contributed by atoms with E-state index in [4.69, 9.17) is 0 Å². The topological polar surface area (TPSA) is 83.6 Å². The van der Waals surface area contributed by atoms with E-state index >= 15 is 0 Å². The average molecular weight is 481 g/mol. The van der Waals surface area contributed by atoms with Crippen molar-refractivity contribution in [3.63, 3.8) is 0 Å². The first-order chi connectivity index (χ1) is 15.3. The van der Waals surface area contributed by atoms with Crippen LogP contribution in [0, 0.1) is 5.82 Å². The monoisotopic (exact) mass is 480 g/mol. The summed E-state index contributed by atoms with van der Waals surface area (Å²) in [5, 5.41) is 2.20. The highest BCUT2D eigenvalue weighted by Crippen LogP contribution is 2.28. The normalized spacial score (nSPS) is 24.9. The zero-order valence-electron chi connectivity index (χ0n) is 17.9. The summed E-state index contributed by atoms with van der Waals surface area (Å²) in [6.45, 7) is 2.38. The zero-order chi connectivity index (χ0) is 22.8. The molecule has 0 aromatic heterocycles. The van der Waals surface area contributed by atoms with E-state index < -0.39 is 42.5 Å². The Morgan fingerprint density at radius 2 is 1.62 bits per heavy atom. The van der Waals surface area contributed by atoms with Gasteiger partial charge in [0.1, 0.15) is 5.82 Å². The number of piperidine rings is 1. The molecule has 0 aliphatic carbocycles. The highest BCUT2D eigenvalue weighted by Gasteiger charge is 2.46. The molecule has 2 aromatic carbocycles. The van der Waals surface area contributed by atoms with Crippen molar-refractivity contribution >= 4 is 19.7 Å². The van der Waals surface area contributed by atoms with Gasteiger partial charge in [-0.05, 0) is 55.8 Å². The molecule has 0 spiro atoms. The van der Waals surface area contributed by atoms with Gasteiger partial charge in [0.2, 0.25) is 0 Å². The Morgan fingerprint density at radius 1 is 0.969 bits per heavy atom. The van der Waals surface area contributed by atoms with Gasteiger partial charge in [0.25, 0.3) is 0 Å². The minimum atomic E-state index is -3.94. The first kappa shape index (κ1) is 23.4. The number of likely N-dealkylation sites (tertiary alicyclic amines) is 1. The van der Waals surface area contributed by atoms with Crippen LogP contribution < -0.4 is 5.32 Å². The maximum Gasteiger partial charge on any atom is 0.183 e. The lowest BCUT2D eigenvalue weighted by Gasteiger charge is -2.36. The summed E-state index contributed by atoms with van der Waals surface area (Å²) < 4.78 is 64.6. The van der Waals surface area contributed by atoms with Gasteiger partial charge in [-0.15, -0.1) is 0 Å². The van der Waals surface area contributed by atoms with E-state index in [0.717, 1.165) is 43.6 Å². The zero-order valence-corrected chi connectivity index (χ0v) is 19.5. The summed E-state index contributed by atoms with van der Waals surface area (Å²) in [4.78, 5) is 2.34. The third-order valence-electron chi connectivity index (χ3n) is 6.43. The van der Waals surface area contributed by atoms with Gasteiger partial charge >= 0.3 is 0 Å². The number of sulfone groups is 2. The summed E-state index contributed by atoms with van der Waals surface area (Å²) in [6.07, 6.45) is 3.43. The highest BCUT2D eigenvalue weighted by molar-refractivity contribution is 7.96. The Morgan fingerprint density at radius 3 is 2.28 bits per heavy atom. The van der Waals surface area contributed by atoms with E-state index in [1.165, 1.54) is 18.6 Å². The van der Waals surface area contributed by atoms with Gasteiger partial charge in [-0.1, -0.05) is 36.8 Å². The molecule has 2 aromatic rings. The Kier molecular flexibility index (Phi) is 7.00. The van der Waals surface area contributed by atoms with Gasteiger partial charge in [0.05, 0.1) is 21.7 Å². The Balaban J connectivity index is 1.57. The fraction of sp³-hybridized carbons (Fsp3) is 0.478. The van der Waals surface area contributed by atoms with Crippen LogP contribution >= 0.6 is 0 Å². The molecular formula is C23H29FN2O4S2. The van der Waals surface area contributed by atoms with Gasteiger partial charge in [-0.2, -0.15) is 0 Å². The van der Waals surface area contributed by atoms with Crippen LogP contribution in [0.1, 0.15) is 30.9 Å². The predicted molar refractivity (Wildman–Crippen MR) is 122 cm³/mol. The molecule has 6 nitrogen and oxygen atoms in total. The fourth-order valence-corrected chi connectivity index (χ4v) is 9.45. The van der Waals surface area contributed by atoms with Crippen LogP contribution in [0.5, 0.6) is 0 Å². The van der Waals surface area contributed by atoms with Crippen molar-refractivity contribution in [2.45, 2.75) is 41.5 Å². The lowest BCUT2D eigenvalue weighted by molar-refractivity contribution is 0.158. The van der Waals surface area contributed by atoms with Crippen molar-refractivity contribution in [2.24, 2.45) is 0 Å². The summed E-state index contributed by atoms with van der Waals surface area (Å²) in [5.41, 5.74) is 1.13. The first-order valence-electron chi connectivity index (χ1n) is 11.0. The van der Waals surface area contributed by atoms with Crippen LogP contribution in [0.15, 0.2) is 59.5 Å². The van der Waals surface area contributed by atoms with Crippen molar-refractivity contribution in [3.8, 4) is 0 Å². The molecule has 32 heavy (non-hydrogen) atoms. The predicted octanol–water partition coefficient (Wildman–Crippen LogP) is 2.58. The van der Waals surface area contributed by atoms with E-state index in [-0.39, 0.29) is 16.7 Å². The number of halogens is 1. The van der Waals surface area contributed by atoms with Crippen molar-refractivity contribution in [2.75, 3.05) is 31.1 Å². The van der Waals surface area contributed by atoms with Crippen LogP contribution in [-0.4, -0.2) is 64.2 Å². The Hall–Kier alpha value is -1.81. The summed E-state index contributed by atoms with van der Waals surface area (Å²) in [6, 6.07) is 13.9. The second-order valence-electron chi connectivity index (χ2n) is 8.65. The van der Waals surface area contributed by atoms with Gasteiger partial charge in [-0.25, -0.2) is 21.2 Å². The number of nitrogens with one attached hydrogen (secondary N) is 1. The standard InChI is InChI=1S/C23H29FN2O4S2/c24-19-9-11-20(12-10-19)32(29,30)23-17-31(27,28)16-21(23)25-15-22(18-7-3-1-4-8-18)26-13-5-2-6-14-26/h1,3-4,7-12,21-23,25H,2,5-6,13-17H2/t21-,22?,23-/m0/s1. The molecule has 174 valence electrons. The van der Waals surface area contributed by atoms with Gasteiger partial charge < -0.3 is 5.32 Å². The van der Waals surface area contributed by atoms with E-state index in [0.29, 0.717) is 6.54 Å². The molecule has 0 saturated carbocycles. The lowest BCUT2D eigenvalue weighted by Crippen LogP contribution is -2.47. The van der Waals surface area contributed by atoms with Crippen molar-refractivity contribution in [1.29, 1.82) is 0 Å². The molecular weight excluding hydrogens is 451 g/mol. The number of rotatable bonds is 7. The minimum absolute atomic E-state index is 0.0361. The van der Waals surface area contributed by atoms with Crippen LogP contribution in [0.2, 0.25) is 0 Å². The number of benzene rings is 2. The third kappa shape index (κ3) is 5.22. The molecule has 0 amide bonds. The van der Waals surface area contributed by atoms with Crippen molar-refractivity contribution in [1.82, 2.24) is 10.2 Å². The molecule has 1 N–H and O–H groups in total. The number of hydrogen-bond donors (Lipinski definition) is 1. The summed E-state index contributed by atoms with van der Waals surface area (Å²) >= 11 is 0. The molecule has 0 radical (unpaired) electrons. The SMILES string of the molecule is O=S1(=O)C[C@H](NCC(c2ccccc2)N2CCCCC2)[C@@H](S(=O)(=O)c2ccc(F)cc2)C1. The molecule has 1 unspecified atom stereocenters. The molecule has 9 heteroatoms. The molecule has 3 atom stereocenters. The number of nitrogens with zero attached hydrogens (tertiary/aromatic N) is 1. The molecule has 0 bridgehead atoms. The molecule has 2 fully saturated rings. The Labute approximate surface area is 189 Å². The molecule has 2 heterocycles. The molecule has 2 aliphatic rings. The van der Waals surface area contributed by atoms with Crippen molar-refractivity contribution in [3.05, 3.63) is 66.0 Å². The molecule has 2 aliphatic heterocycles. The van der Waals surface area contributed by atoms with Crippen LogP contribution in [-0.2, 0) is 19.7 Å². The lowest BCUT2D eigenvalue weighted by atomic mass is 10.0. The van der Waals surface area contributed by atoms with E-state index in [9.17, 15) is 21.2 Å². The molecule has 2 saturated heterocycles. The van der Waals surface area contributed by atoms with E-state index in [1.54, 1.807) is 0 Å². The van der Waals surface area contributed by atoms with Crippen LogP contribution in [0.3, 0.4) is 0 Å². The van der Waals surface area contributed by atoms with Crippen molar-refractivity contribution < 1.29 is 21.2 Å². The summed E-state index contributed by atoms with van der Waals surface area (Å²) in [5.74, 6) is -1.19. The smallest absolute Gasteiger partial charge is 0.183 e. The fourth-order valence-electron chi connectivity index (χ4n) is 4.74. The Bertz CT molecular complexity index is 1120. The summed E-state index contributed by atoms with van der Waals surface area (Å²) in [7, 11) is -7.45. The quantitative estimate of drug-likeness (QED) is 0.614. The molecule has 4 rings (SSSR count). The first-order valence-corrected chi connectivity index (χ1v) is 14.4. The van der Waals surface area contributed by atoms with Gasteiger partial charge in [0, 0.05) is 18.6 Å². The van der Waals surface area contributed by atoms with E-state index in [1.807, 2.05) is 18.2 Å². The second kappa shape index (κ2) is 9.59. The second-order valence-corrected chi connectivity index (χ2v) is 13.0. The van der Waals surface area contributed by atoms with Crippen LogP contribution in [0.25, 0.3) is 0 Å². The maximum atomic E-state index is 13.3. The number of hydrogen-bond acceptors (Lipinski definition) is 6. The van der Waals surface area contributed by atoms with Gasteiger partial charge in [0.15, 0.2) is 19.7 Å². The largest absolute Gasteiger partial charge is 0.310 e. The van der Waals surface area contributed by atoms with E-state index in [2.05, 4.69) is 22.3 Å². The third-order valence-corrected chi connectivity index (χ3v) is 10.6. The highest BCUT2D eigenvalue weighted by atomic mass is 32.2. The minimum Gasteiger partial charge on any atom is -0.310 e. The maximum absolute atomic E-state index is 13.3.